The predicted molar refractivity (Wildman–Crippen MR) is 86.5 cm³/mol. The highest BCUT2D eigenvalue weighted by Gasteiger charge is 2.10. The Kier molecular flexibility index (Phi) is 3.20. The first-order valence-corrected chi connectivity index (χ1v) is 7.23. The number of benzene rings is 2. The predicted octanol–water partition coefficient (Wildman–Crippen LogP) is 2.03. The van der Waals surface area contributed by atoms with E-state index in [1.54, 1.807) is 17.1 Å². The number of aromatic nitrogens is 5. The number of para-hydroxylation sites is 1. The Labute approximate surface area is 131 Å². The molecule has 0 bridgehead atoms. The van der Waals surface area contributed by atoms with Crippen LogP contribution < -0.4 is 5.56 Å². The largest absolute Gasteiger partial charge is 0.274 e. The summed E-state index contributed by atoms with van der Waals surface area (Å²) in [6.07, 6.45) is 3.35. The standard InChI is InChI=1S/C17H13N5O/c23-17-16-9-5-4-6-13(16)10-19-21(17)12-15-11-18-20-22(15)14-7-2-1-3-8-14/h1-11H,12H2. The van der Waals surface area contributed by atoms with E-state index < -0.39 is 0 Å². The van der Waals surface area contributed by atoms with Crippen molar-refractivity contribution in [2.24, 2.45) is 0 Å². The second-order valence-electron chi connectivity index (χ2n) is 5.17. The van der Waals surface area contributed by atoms with Crippen LogP contribution in [0.4, 0.5) is 0 Å². The molecule has 0 unspecified atom stereocenters. The lowest BCUT2D eigenvalue weighted by Crippen LogP contribution is -2.24. The first kappa shape index (κ1) is 13.4. The zero-order chi connectivity index (χ0) is 15.6. The molecule has 0 fully saturated rings. The normalized spacial score (nSPS) is 11.0. The van der Waals surface area contributed by atoms with Gasteiger partial charge in [0.15, 0.2) is 0 Å². The van der Waals surface area contributed by atoms with Crippen molar-refractivity contribution < 1.29 is 0 Å². The van der Waals surface area contributed by atoms with Crippen molar-refractivity contribution in [3.05, 3.63) is 83.0 Å². The fourth-order valence-electron chi connectivity index (χ4n) is 2.54. The second kappa shape index (κ2) is 5.49. The van der Waals surface area contributed by atoms with Crippen LogP contribution in [0, 0.1) is 0 Å². The number of fused-ring (bicyclic) bond motifs is 1. The quantitative estimate of drug-likeness (QED) is 0.581. The van der Waals surface area contributed by atoms with Gasteiger partial charge in [0.25, 0.3) is 5.56 Å². The SMILES string of the molecule is O=c1c2ccccc2cnn1Cc1cnnn1-c1ccccc1. The fraction of sp³-hybridized carbons (Fsp3) is 0.0588. The molecule has 23 heavy (non-hydrogen) atoms. The Balaban J connectivity index is 1.77. The van der Waals surface area contributed by atoms with Crippen LogP contribution in [-0.4, -0.2) is 24.8 Å². The van der Waals surface area contributed by atoms with Crippen molar-refractivity contribution in [1.29, 1.82) is 0 Å². The van der Waals surface area contributed by atoms with Crippen molar-refractivity contribution in [1.82, 2.24) is 24.8 Å². The highest BCUT2D eigenvalue weighted by molar-refractivity contribution is 5.80. The molecule has 0 saturated carbocycles. The number of rotatable bonds is 3. The summed E-state index contributed by atoms with van der Waals surface area (Å²) in [5.74, 6) is 0. The van der Waals surface area contributed by atoms with Crippen molar-refractivity contribution in [3.8, 4) is 5.69 Å². The molecule has 0 N–H and O–H groups in total. The van der Waals surface area contributed by atoms with Gasteiger partial charge >= 0.3 is 0 Å². The first-order valence-electron chi connectivity index (χ1n) is 7.23. The monoisotopic (exact) mass is 303 g/mol. The van der Waals surface area contributed by atoms with Crippen molar-refractivity contribution >= 4 is 10.8 Å². The van der Waals surface area contributed by atoms with Crippen LogP contribution in [0.5, 0.6) is 0 Å². The molecule has 6 heteroatoms. The van der Waals surface area contributed by atoms with E-state index in [-0.39, 0.29) is 5.56 Å². The Morgan fingerprint density at radius 2 is 1.70 bits per heavy atom. The van der Waals surface area contributed by atoms with Crippen molar-refractivity contribution in [3.63, 3.8) is 0 Å². The maximum atomic E-state index is 12.6. The molecule has 4 rings (SSSR count). The molecule has 0 aliphatic rings. The van der Waals surface area contributed by atoms with Crippen LogP contribution in [0.2, 0.25) is 0 Å². The third-order valence-electron chi connectivity index (χ3n) is 3.69. The average molecular weight is 303 g/mol. The third kappa shape index (κ3) is 2.40. The van der Waals surface area contributed by atoms with E-state index in [0.29, 0.717) is 11.9 Å². The van der Waals surface area contributed by atoms with Crippen LogP contribution in [-0.2, 0) is 6.54 Å². The van der Waals surface area contributed by atoms with Gasteiger partial charge in [0, 0.05) is 5.39 Å². The van der Waals surface area contributed by atoms with Gasteiger partial charge in [-0.15, -0.1) is 5.10 Å². The highest BCUT2D eigenvalue weighted by Crippen LogP contribution is 2.10. The summed E-state index contributed by atoms with van der Waals surface area (Å²) in [4.78, 5) is 12.6. The van der Waals surface area contributed by atoms with E-state index >= 15 is 0 Å². The van der Waals surface area contributed by atoms with Crippen LogP contribution in [0.1, 0.15) is 5.69 Å². The summed E-state index contributed by atoms with van der Waals surface area (Å²) in [5.41, 5.74) is 1.57. The molecule has 0 aliphatic carbocycles. The average Bonchev–Trinajstić information content (AvgIpc) is 3.07. The molecule has 4 aromatic rings. The molecule has 0 spiro atoms. The number of nitrogens with zero attached hydrogens (tertiary/aromatic N) is 5. The number of hydrogen-bond acceptors (Lipinski definition) is 4. The Bertz CT molecular complexity index is 1020. The van der Waals surface area contributed by atoms with E-state index in [1.807, 2.05) is 54.6 Å². The van der Waals surface area contributed by atoms with E-state index in [1.165, 1.54) is 4.68 Å². The molecule has 2 aromatic carbocycles. The van der Waals surface area contributed by atoms with Crippen molar-refractivity contribution in [2.45, 2.75) is 6.54 Å². The fourth-order valence-corrected chi connectivity index (χ4v) is 2.54. The van der Waals surface area contributed by atoms with E-state index in [0.717, 1.165) is 16.8 Å². The smallest absolute Gasteiger partial charge is 0.267 e. The minimum absolute atomic E-state index is 0.121. The molecule has 2 aromatic heterocycles. The summed E-state index contributed by atoms with van der Waals surface area (Å²) in [6.45, 7) is 0.311. The second-order valence-corrected chi connectivity index (χ2v) is 5.17. The summed E-state index contributed by atoms with van der Waals surface area (Å²) in [5, 5.41) is 13.8. The van der Waals surface area contributed by atoms with Crippen LogP contribution in [0.25, 0.3) is 16.5 Å². The molecule has 112 valence electrons. The van der Waals surface area contributed by atoms with Gasteiger partial charge in [0.05, 0.1) is 35.7 Å². The summed E-state index contributed by atoms with van der Waals surface area (Å²) >= 11 is 0. The van der Waals surface area contributed by atoms with Crippen LogP contribution >= 0.6 is 0 Å². The molecule has 0 radical (unpaired) electrons. The number of hydrogen-bond donors (Lipinski definition) is 0. The molecule has 0 aliphatic heterocycles. The Morgan fingerprint density at radius 1 is 0.913 bits per heavy atom. The Hall–Kier alpha value is -3.28. The van der Waals surface area contributed by atoms with Gasteiger partial charge < -0.3 is 0 Å². The van der Waals surface area contributed by atoms with E-state index in [9.17, 15) is 4.79 Å². The molecular formula is C17H13N5O. The maximum Gasteiger partial charge on any atom is 0.274 e. The maximum absolute atomic E-state index is 12.6. The molecule has 0 atom stereocenters. The first-order chi connectivity index (χ1) is 11.3. The topological polar surface area (TPSA) is 65.6 Å². The lowest BCUT2D eigenvalue weighted by atomic mass is 10.2. The minimum Gasteiger partial charge on any atom is -0.267 e. The van der Waals surface area contributed by atoms with Crippen LogP contribution in [0.3, 0.4) is 0 Å². The molecular weight excluding hydrogens is 290 g/mol. The van der Waals surface area contributed by atoms with E-state index in [4.69, 9.17) is 0 Å². The van der Waals surface area contributed by atoms with Crippen molar-refractivity contribution in [2.75, 3.05) is 0 Å². The van der Waals surface area contributed by atoms with Gasteiger partial charge in [-0.05, 0) is 18.2 Å². The van der Waals surface area contributed by atoms with Gasteiger partial charge in [0.2, 0.25) is 0 Å². The van der Waals surface area contributed by atoms with Gasteiger partial charge in [-0.1, -0.05) is 41.6 Å². The summed E-state index contributed by atoms with van der Waals surface area (Å²) < 4.78 is 3.14. The van der Waals surface area contributed by atoms with Gasteiger partial charge in [-0.2, -0.15) is 5.10 Å². The lowest BCUT2D eigenvalue weighted by molar-refractivity contribution is 0.615. The molecule has 6 nitrogen and oxygen atoms in total. The lowest BCUT2D eigenvalue weighted by Gasteiger charge is -2.08. The summed E-state index contributed by atoms with van der Waals surface area (Å²) in [6, 6.07) is 17.1. The highest BCUT2D eigenvalue weighted by atomic mass is 16.1. The molecule has 0 amide bonds. The summed E-state index contributed by atoms with van der Waals surface area (Å²) in [7, 11) is 0. The van der Waals surface area contributed by atoms with Gasteiger partial charge in [0.1, 0.15) is 0 Å². The zero-order valence-corrected chi connectivity index (χ0v) is 12.2. The van der Waals surface area contributed by atoms with Crippen LogP contribution in [0.15, 0.2) is 71.8 Å². The minimum atomic E-state index is -0.121. The molecule has 0 saturated heterocycles. The zero-order valence-electron chi connectivity index (χ0n) is 12.2. The van der Waals surface area contributed by atoms with Gasteiger partial charge in [-0.25, -0.2) is 9.36 Å². The van der Waals surface area contributed by atoms with E-state index in [2.05, 4.69) is 15.4 Å². The third-order valence-corrected chi connectivity index (χ3v) is 3.69. The van der Waals surface area contributed by atoms with Gasteiger partial charge in [-0.3, -0.25) is 4.79 Å². The Morgan fingerprint density at radius 3 is 2.57 bits per heavy atom. The molecule has 2 heterocycles.